The number of benzene rings is 1. The van der Waals surface area contributed by atoms with E-state index in [-0.39, 0.29) is 11.5 Å². The molecule has 8 heteroatoms. The molecule has 1 amide bonds. The van der Waals surface area contributed by atoms with Crippen molar-refractivity contribution in [1.82, 2.24) is 15.0 Å². The van der Waals surface area contributed by atoms with Gasteiger partial charge in [0.2, 0.25) is 0 Å². The van der Waals surface area contributed by atoms with E-state index < -0.39 is 17.5 Å². The molecule has 134 valence electrons. The Balaban J connectivity index is 1.55. The van der Waals surface area contributed by atoms with Crippen LogP contribution < -0.4 is 5.73 Å². The Morgan fingerprint density at radius 2 is 2.12 bits per heavy atom. The van der Waals surface area contributed by atoms with Gasteiger partial charge in [-0.2, -0.15) is 4.98 Å². The fourth-order valence-corrected chi connectivity index (χ4v) is 3.27. The number of rotatable bonds is 6. The second kappa shape index (κ2) is 7.69. The Morgan fingerprint density at radius 1 is 1.36 bits per heavy atom. The Morgan fingerprint density at radius 3 is 2.80 bits per heavy atom. The fourth-order valence-electron chi connectivity index (χ4n) is 3.27. The third-order valence-electron chi connectivity index (χ3n) is 4.51. The molecule has 1 aromatic carbocycles. The van der Waals surface area contributed by atoms with E-state index in [9.17, 15) is 13.6 Å². The van der Waals surface area contributed by atoms with Crippen LogP contribution in [0.2, 0.25) is 0 Å². The molecule has 1 saturated heterocycles. The van der Waals surface area contributed by atoms with Crippen molar-refractivity contribution in [3.05, 3.63) is 47.1 Å². The van der Waals surface area contributed by atoms with Gasteiger partial charge < -0.3 is 10.3 Å². The molecule has 3 rings (SSSR count). The highest BCUT2D eigenvalue weighted by molar-refractivity contribution is 5.87. The quantitative estimate of drug-likeness (QED) is 0.864. The summed E-state index contributed by atoms with van der Waals surface area (Å²) in [5.41, 5.74) is 5.25. The molecule has 1 unspecified atom stereocenters. The molecule has 2 heterocycles. The Bertz CT molecular complexity index is 730. The number of aromatic nitrogens is 2. The number of primary amides is 1. The van der Waals surface area contributed by atoms with Gasteiger partial charge in [-0.05, 0) is 50.3 Å². The number of likely N-dealkylation sites (tertiary alicyclic amines) is 1. The molecule has 6 nitrogen and oxygen atoms in total. The summed E-state index contributed by atoms with van der Waals surface area (Å²) in [5, 5.41) is 3.75. The largest absolute Gasteiger partial charge is 0.361 e. The van der Waals surface area contributed by atoms with E-state index in [0.717, 1.165) is 25.9 Å². The van der Waals surface area contributed by atoms with Crippen molar-refractivity contribution in [2.24, 2.45) is 11.7 Å². The average molecular weight is 350 g/mol. The number of carbonyl (C=O) groups excluding carboxylic acids is 1. The standard InChI is InChI=1S/C17H20F2N4O2/c18-13-4-1-5-14(19)12(13)7-6-11-3-2-8-23(9-11)10-15-21-17(16(20)24)25-22-15/h1,4-5,11H,2-3,6-10H2,(H2,20,24). The maximum absolute atomic E-state index is 13.7. The molecule has 0 bridgehead atoms. The van der Waals surface area contributed by atoms with E-state index in [1.54, 1.807) is 0 Å². The van der Waals surface area contributed by atoms with Crippen LogP contribution in [0.1, 0.15) is 41.3 Å². The Kier molecular flexibility index (Phi) is 5.37. The predicted molar refractivity (Wildman–Crippen MR) is 85.5 cm³/mol. The van der Waals surface area contributed by atoms with Crippen molar-refractivity contribution < 1.29 is 18.1 Å². The Hall–Kier alpha value is -2.35. The highest BCUT2D eigenvalue weighted by Gasteiger charge is 2.23. The summed E-state index contributed by atoms with van der Waals surface area (Å²) in [6.45, 7) is 2.13. The number of piperidine rings is 1. The van der Waals surface area contributed by atoms with Gasteiger partial charge in [0.15, 0.2) is 5.82 Å². The van der Waals surface area contributed by atoms with E-state index in [4.69, 9.17) is 10.3 Å². The molecule has 0 saturated carbocycles. The topological polar surface area (TPSA) is 85.3 Å². The van der Waals surface area contributed by atoms with Crippen LogP contribution in [0, 0.1) is 17.6 Å². The lowest BCUT2D eigenvalue weighted by Crippen LogP contribution is -2.35. The van der Waals surface area contributed by atoms with Crippen LogP contribution in [0.15, 0.2) is 22.7 Å². The van der Waals surface area contributed by atoms with Crippen molar-refractivity contribution in [2.75, 3.05) is 13.1 Å². The minimum Gasteiger partial charge on any atom is -0.361 e. The number of halogens is 2. The lowest BCUT2D eigenvalue weighted by atomic mass is 9.91. The number of hydrogen-bond donors (Lipinski definition) is 1. The number of amides is 1. The van der Waals surface area contributed by atoms with Gasteiger partial charge in [0, 0.05) is 12.1 Å². The van der Waals surface area contributed by atoms with Crippen LogP contribution in [0.25, 0.3) is 0 Å². The van der Waals surface area contributed by atoms with Gasteiger partial charge in [-0.25, -0.2) is 8.78 Å². The lowest BCUT2D eigenvalue weighted by Gasteiger charge is -2.31. The second-order valence-electron chi connectivity index (χ2n) is 6.36. The Labute approximate surface area is 144 Å². The van der Waals surface area contributed by atoms with Crippen molar-refractivity contribution >= 4 is 5.91 Å². The minimum absolute atomic E-state index is 0.156. The third-order valence-corrected chi connectivity index (χ3v) is 4.51. The van der Waals surface area contributed by atoms with Crippen molar-refractivity contribution in [3.63, 3.8) is 0 Å². The van der Waals surface area contributed by atoms with Gasteiger partial charge in [0.1, 0.15) is 11.6 Å². The first kappa shape index (κ1) is 17.5. The fraction of sp³-hybridized carbons (Fsp3) is 0.471. The number of carbonyl (C=O) groups is 1. The van der Waals surface area contributed by atoms with Gasteiger partial charge in [-0.3, -0.25) is 9.69 Å². The number of nitrogens with two attached hydrogens (primary N) is 1. The highest BCUT2D eigenvalue weighted by atomic mass is 19.1. The molecule has 0 aliphatic carbocycles. The summed E-state index contributed by atoms with van der Waals surface area (Å²) in [4.78, 5) is 17.1. The number of nitrogens with zero attached hydrogens (tertiary/aromatic N) is 3. The van der Waals surface area contributed by atoms with Crippen molar-refractivity contribution in [3.8, 4) is 0 Å². The van der Waals surface area contributed by atoms with Crippen LogP contribution in [0.4, 0.5) is 8.78 Å². The third kappa shape index (κ3) is 4.39. The van der Waals surface area contributed by atoms with Gasteiger partial charge >= 0.3 is 11.8 Å². The zero-order valence-corrected chi connectivity index (χ0v) is 13.8. The molecule has 1 fully saturated rings. The summed E-state index contributed by atoms with van der Waals surface area (Å²) < 4.78 is 32.2. The molecule has 1 aliphatic heterocycles. The molecule has 0 radical (unpaired) electrons. The van der Waals surface area contributed by atoms with Crippen molar-refractivity contribution in [2.45, 2.75) is 32.2 Å². The molecule has 1 aliphatic rings. The molecular weight excluding hydrogens is 330 g/mol. The van der Waals surface area contributed by atoms with E-state index in [1.807, 2.05) is 0 Å². The second-order valence-corrected chi connectivity index (χ2v) is 6.36. The predicted octanol–water partition coefficient (Wildman–Crippen LogP) is 2.29. The molecule has 0 spiro atoms. The van der Waals surface area contributed by atoms with E-state index in [2.05, 4.69) is 15.0 Å². The molecule has 25 heavy (non-hydrogen) atoms. The highest BCUT2D eigenvalue weighted by Crippen LogP contribution is 2.24. The summed E-state index contributed by atoms with van der Waals surface area (Å²) in [6, 6.07) is 3.96. The molecule has 2 aromatic rings. The summed E-state index contributed by atoms with van der Waals surface area (Å²) in [5.74, 6) is -1.16. The van der Waals surface area contributed by atoms with E-state index >= 15 is 0 Å². The minimum atomic E-state index is -0.748. The SMILES string of the molecule is NC(=O)c1nc(CN2CCCC(CCc3c(F)cccc3F)C2)no1. The smallest absolute Gasteiger partial charge is 0.315 e. The first-order valence-electron chi connectivity index (χ1n) is 8.30. The van der Waals surface area contributed by atoms with Gasteiger partial charge in [-0.15, -0.1) is 0 Å². The van der Waals surface area contributed by atoms with Crippen LogP contribution in [-0.2, 0) is 13.0 Å². The summed E-state index contributed by atoms with van der Waals surface area (Å²) in [7, 11) is 0. The first-order chi connectivity index (χ1) is 12.0. The van der Waals surface area contributed by atoms with Crippen LogP contribution >= 0.6 is 0 Å². The van der Waals surface area contributed by atoms with Gasteiger partial charge in [0.05, 0.1) is 6.54 Å². The summed E-state index contributed by atoms with van der Waals surface area (Å²) >= 11 is 0. The normalized spacial score (nSPS) is 18.4. The summed E-state index contributed by atoms with van der Waals surface area (Å²) in [6.07, 6.45) is 3.11. The van der Waals surface area contributed by atoms with Crippen LogP contribution in [-0.4, -0.2) is 34.0 Å². The zero-order chi connectivity index (χ0) is 17.8. The molecule has 1 atom stereocenters. The van der Waals surface area contributed by atoms with Gasteiger partial charge in [-0.1, -0.05) is 11.2 Å². The lowest BCUT2D eigenvalue weighted by molar-refractivity contribution is 0.0958. The van der Waals surface area contributed by atoms with Gasteiger partial charge in [0.25, 0.3) is 0 Å². The zero-order valence-electron chi connectivity index (χ0n) is 13.8. The maximum atomic E-state index is 13.7. The van der Waals surface area contributed by atoms with E-state index in [0.29, 0.717) is 31.1 Å². The molecular formula is C17H20F2N4O2. The number of hydrogen-bond acceptors (Lipinski definition) is 5. The average Bonchev–Trinajstić information content (AvgIpc) is 3.03. The van der Waals surface area contributed by atoms with E-state index in [1.165, 1.54) is 18.2 Å². The molecule has 2 N–H and O–H groups in total. The van der Waals surface area contributed by atoms with Crippen LogP contribution in [0.5, 0.6) is 0 Å². The van der Waals surface area contributed by atoms with Crippen LogP contribution in [0.3, 0.4) is 0 Å². The molecule has 1 aromatic heterocycles. The maximum Gasteiger partial charge on any atom is 0.315 e. The monoisotopic (exact) mass is 350 g/mol. The van der Waals surface area contributed by atoms with Crippen molar-refractivity contribution in [1.29, 1.82) is 0 Å². The first-order valence-corrected chi connectivity index (χ1v) is 8.30.